The van der Waals surface area contributed by atoms with E-state index in [1.165, 1.54) is 0 Å². The molecule has 1 fully saturated rings. The first kappa shape index (κ1) is 19.2. The van der Waals surface area contributed by atoms with E-state index in [9.17, 15) is 9.59 Å². The van der Waals surface area contributed by atoms with Crippen LogP contribution in [0.1, 0.15) is 28.8 Å². The molecule has 1 N–H and O–H groups in total. The summed E-state index contributed by atoms with van der Waals surface area (Å²) in [5.74, 6) is 0.926. The van der Waals surface area contributed by atoms with E-state index in [0.717, 1.165) is 17.0 Å². The van der Waals surface area contributed by atoms with E-state index in [-0.39, 0.29) is 12.0 Å². The number of amides is 2. The maximum Gasteiger partial charge on any atom is 0.339 e. The molecular formula is C23H22N4O4. The SMILES string of the molecule is COc1cccc(-n2cnc(NC(=O)N3CCC4(CC3)OC(=O)c3ccccc34)c2)c1. The Bertz CT molecular complexity index is 1150. The number of hydrogen-bond donors (Lipinski definition) is 1. The standard InChI is InChI=1S/C23H22N4O4/c1-30-17-6-4-5-16(13-17)27-14-20(24-15-27)25-22(29)26-11-9-23(10-12-26)19-8-3-2-7-18(19)21(28)31-23/h2-8,13-15H,9-12H2,1H3,(H,25,29). The monoisotopic (exact) mass is 418 g/mol. The number of piperidine rings is 1. The highest BCUT2D eigenvalue weighted by atomic mass is 16.6. The lowest BCUT2D eigenvalue weighted by molar-refractivity contribution is -0.0363. The molecular weight excluding hydrogens is 396 g/mol. The average molecular weight is 418 g/mol. The summed E-state index contributed by atoms with van der Waals surface area (Å²) in [7, 11) is 1.62. The molecule has 0 radical (unpaired) electrons. The van der Waals surface area contributed by atoms with Crippen molar-refractivity contribution >= 4 is 17.8 Å². The minimum atomic E-state index is -0.627. The van der Waals surface area contributed by atoms with Crippen molar-refractivity contribution in [1.82, 2.24) is 14.5 Å². The highest BCUT2D eigenvalue weighted by molar-refractivity contribution is 5.95. The van der Waals surface area contributed by atoms with Gasteiger partial charge in [0.15, 0.2) is 5.82 Å². The molecule has 0 atom stereocenters. The lowest BCUT2D eigenvalue weighted by atomic mass is 9.84. The van der Waals surface area contributed by atoms with Crippen molar-refractivity contribution in [2.75, 3.05) is 25.5 Å². The van der Waals surface area contributed by atoms with E-state index >= 15 is 0 Å². The van der Waals surface area contributed by atoms with E-state index in [4.69, 9.17) is 9.47 Å². The number of ether oxygens (including phenoxy) is 2. The number of hydrogen-bond acceptors (Lipinski definition) is 5. The van der Waals surface area contributed by atoms with Gasteiger partial charge in [0.25, 0.3) is 0 Å². The van der Waals surface area contributed by atoms with Crippen molar-refractivity contribution in [2.24, 2.45) is 0 Å². The van der Waals surface area contributed by atoms with Crippen LogP contribution < -0.4 is 10.1 Å². The van der Waals surface area contributed by atoms with Crippen LogP contribution in [0.2, 0.25) is 0 Å². The van der Waals surface area contributed by atoms with Crippen molar-refractivity contribution in [3.8, 4) is 11.4 Å². The number of urea groups is 1. The number of likely N-dealkylation sites (tertiary alicyclic amines) is 1. The first-order valence-electron chi connectivity index (χ1n) is 10.2. The smallest absolute Gasteiger partial charge is 0.339 e. The van der Waals surface area contributed by atoms with Gasteiger partial charge in [-0.15, -0.1) is 0 Å². The van der Waals surface area contributed by atoms with E-state index < -0.39 is 5.60 Å². The number of anilines is 1. The number of fused-ring (bicyclic) bond motifs is 2. The number of aromatic nitrogens is 2. The van der Waals surface area contributed by atoms with Crippen LogP contribution in [0.5, 0.6) is 5.75 Å². The molecule has 158 valence electrons. The molecule has 2 amide bonds. The summed E-state index contributed by atoms with van der Waals surface area (Å²) in [6.07, 6.45) is 4.54. The van der Waals surface area contributed by atoms with Crippen LogP contribution in [-0.2, 0) is 10.3 Å². The zero-order valence-corrected chi connectivity index (χ0v) is 17.1. The number of esters is 1. The molecule has 0 bridgehead atoms. The molecule has 3 heterocycles. The summed E-state index contributed by atoms with van der Waals surface area (Å²) in [5, 5.41) is 2.85. The number of nitrogens with one attached hydrogen (secondary N) is 1. The number of carbonyl (C=O) groups excluding carboxylic acids is 2. The Labute approximate surface area is 179 Å². The number of benzene rings is 2. The average Bonchev–Trinajstić information content (AvgIpc) is 3.38. The zero-order chi connectivity index (χ0) is 21.4. The van der Waals surface area contributed by atoms with Gasteiger partial charge in [0, 0.05) is 37.6 Å². The molecule has 0 aliphatic carbocycles. The minimum absolute atomic E-state index is 0.219. The van der Waals surface area contributed by atoms with Crippen molar-refractivity contribution in [3.05, 3.63) is 72.2 Å². The van der Waals surface area contributed by atoms with Crippen LogP contribution in [0, 0.1) is 0 Å². The fourth-order valence-corrected chi connectivity index (χ4v) is 4.28. The molecule has 8 nitrogen and oxygen atoms in total. The van der Waals surface area contributed by atoms with Crippen LogP contribution in [0.25, 0.3) is 5.69 Å². The Morgan fingerprint density at radius 2 is 1.97 bits per heavy atom. The number of nitrogens with zero attached hydrogens (tertiary/aromatic N) is 3. The Hall–Kier alpha value is -3.81. The quantitative estimate of drug-likeness (QED) is 0.657. The number of rotatable bonds is 3. The molecule has 1 spiro atoms. The van der Waals surface area contributed by atoms with Crippen LogP contribution in [0.15, 0.2) is 61.1 Å². The zero-order valence-electron chi connectivity index (χ0n) is 17.1. The van der Waals surface area contributed by atoms with Crippen molar-refractivity contribution in [1.29, 1.82) is 0 Å². The predicted octanol–water partition coefficient (Wildman–Crippen LogP) is 3.57. The van der Waals surface area contributed by atoms with Crippen molar-refractivity contribution in [2.45, 2.75) is 18.4 Å². The molecule has 2 aliphatic rings. The molecule has 5 rings (SSSR count). The molecule has 1 saturated heterocycles. The third-order valence-electron chi connectivity index (χ3n) is 5.95. The number of imidazole rings is 1. The van der Waals surface area contributed by atoms with E-state index in [2.05, 4.69) is 10.3 Å². The first-order valence-corrected chi connectivity index (χ1v) is 10.2. The Kier molecular flexibility index (Phi) is 4.62. The molecule has 1 aromatic heterocycles. The van der Waals surface area contributed by atoms with Gasteiger partial charge in [-0.05, 0) is 18.2 Å². The molecule has 2 aliphatic heterocycles. The van der Waals surface area contributed by atoms with Gasteiger partial charge in [-0.2, -0.15) is 0 Å². The maximum atomic E-state index is 12.8. The highest BCUT2D eigenvalue weighted by Crippen LogP contribution is 2.43. The van der Waals surface area contributed by atoms with Crippen LogP contribution in [0.3, 0.4) is 0 Å². The third kappa shape index (κ3) is 3.39. The molecule has 2 aromatic carbocycles. The summed E-state index contributed by atoms with van der Waals surface area (Å²) in [6, 6.07) is 14.9. The van der Waals surface area contributed by atoms with Crippen LogP contribution in [0.4, 0.5) is 10.6 Å². The third-order valence-corrected chi connectivity index (χ3v) is 5.95. The Morgan fingerprint density at radius 3 is 2.77 bits per heavy atom. The van der Waals surface area contributed by atoms with E-state index in [1.807, 2.05) is 47.0 Å². The second kappa shape index (κ2) is 7.46. The second-order valence-corrected chi connectivity index (χ2v) is 7.71. The summed E-state index contributed by atoms with van der Waals surface area (Å²) >= 11 is 0. The Morgan fingerprint density at radius 1 is 1.16 bits per heavy atom. The lowest BCUT2D eigenvalue weighted by Gasteiger charge is -2.38. The van der Waals surface area contributed by atoms with Gasteiger partial charge in [-0.25, -0.2) is 14.6 Å². The van der Waals surface area contributed by atoms with Crippen LogP contribution >= 0.6 is 0 Å². The normalized spacial score (nSPS) is 16.7. The van der Waals surface area contributed by atoms with Gasteiger partial charge in [-0.1, -0.05) is 24.3 Å². The number of methoxy groups -OCH3 is 1. The molecule has 0 saturated carbocycles. The lowest BCUT2D eigenvalue weighted by Crippen LogP contribution is -2.46. The topological polar surface area (TPSA) is 85.7 Å². The molecule has 8 heteroatoms. The molecule has 31 heavy (non-hydrogen) atoms. The fraction of sp³-hybridized carbons (Fsp3) is 0.261. The van der Waals surface area contributed by atoms with Gasteiger partial charge in [-0.3, -0.25) is 5.32 Å². The predicted molar refractivity (Wildman–Crippen MR) is 113 cm³/mol. The van der Waals surface area contributed by atoms with Crippen molar-refractivity contribution in [3.63, 3.8) is 0 Å². The second-order valence-electron chi connectivity index (χ2n) is 7.71. The minimum Gasteiger partial charge on any atom is -0.497 e. The van der Waals surface area contributed by atoms with Crippen LogP contribution in [-0.4, -0.2) is 46.7 Å². The Balaban J connectivity index is 1.24. The summed E-state index contributed by atoms with van der Waals surface area (Å²) in [4.78, 5) is 31.0. The first-order chi connectivity index (χ1) is 15.1. The van der Waals surface area contributed by atoms with Gasteiger partial charge >= 0.3 is 12.0 Å². The molecule has 0 unspecified atom stereocenters. The summed E-state index contributed by atoms with van der Waals surface area (Å²) < 4.78 is 12.8. The van der Waals surface area contributed by atoms with Gasteiger partial charge in [0.2, 0.25) is 0 Å². The van der Waals surface area contributed by atoms with Gasteiger partial charge in [0.1, 0.15) is 17.7 Å². The van der Waals surface area contributed by atoms with E-state index in [0.29, 0.717) is 37.3 Å². The number of carbonyl (C=O) groups is 2. The van der Waals surface area contributed by atoms with E-state index in [1.54, 1.807) is 30.6 Å². The highest BCUT2D eigenvalue weighted by Gasteiger charge is 2.47. The molecule has 3 aromatic rings. The van der Waals surface area contributed by atoms with Gasteiger partial charge in [0.05, 0.1) is 24.6 Å². The van der Waals surface area contributed by atoms with Gasteiger partial charge < -0.3 is 18.9 Å². The fourth-order valence-electron chi connectivity index (χ4n) is 4.28. The maximum absolute atomic E-state index is 12.8. The summed E-state index contributed by atoms with van der Waals surface area (Å²) in [6.45, 7) is 0.980. The van der Waals surface area contributed by atoms with Crippen molar-refractivity contribution < 1.29 is 19.1 Å². The largest absolute Gasteiger partial charge is 0.497 e. The summed E-state index contributed by atoms with van der Waals surface area (Å²) in [5.41, 5.74) is 1.81.